The molecule has 2 rings (SSSR count). The maximum absolute atomic E-state index is 12.2. The van der Waals surface area contributed by atoms with E-state index >= 15 is 0 Å². The number of hydrogen-bond donors (Lipinski definition) is 0. The number of halogens is 1. The molecule has 1 amide bonds. The van der Waals surface area contributed by atoms with Gasteiger partial charge in [0.25, 0.3) is 0 Å². The van der Waals surface area contributed by atoms with Gasteiger partial charge in [-0.2, -0.15) is 0 Å². The summed E-state index contributed by atoms with van der Waals surface area (Å²) < 4.78 is 12.5. The van der Waals surface area contributed by atoms with Crippen molar-refractivity contribution in [3.63, 3.8) is 0 Å². The lowest BCUT2D eigenvalue weighted by Gasteiger charge is -2.40. The van der Waals surface area contributed by atoms with E-state index in [9.17, 15) is 4.79 Å². The number of carbonyl (C=O) groups is 1. The molecule has 0 radical (unpaired) electrons. The third-order valence-corrected chi connectivity index (χ3v) is 4.55. The summed E-state index contributed by atoms with van der Waals surface area (Å²) in [5.41, 5.74) is -0.449. The van der Waals surface area contributed by atoms with Gasteiger partial charge in [0.2, 0.25) is 0 Å². The van der Waals surface area contributed by atoms with Crippen molar-refractivity contribution in [2.75, 3.05) is 32.8 Å². The molecule has 1 unspecified atom stereocenters. The second-order valence-corrected chi connectivity index (χ2v) is 8.37. The monoisotopic (exact) mass is 446 g/mol. The SMILES string of the molecule is CC1CN(CCOc2ccc(I)cc2)CCN1C(=O)OC(C)(C)C. The first-order valence-corrected chi connectivity index (χ1v) is 9.43. The highest BCUT2D eigenvalue weighted by atomic mass is 127. The number of benzene rings is 1. The van der Waals surface area contributed by atoms with Crippen molar-refractivity contribution in [1.29, 1.82) is 0 Å². The summed E-state index contributed by atoms with van der Waals surface area (Å²) in [6.07, 6.45) is -0.218. The average molecular weight is 446 g/mol. The molecule has 134 valence electrons. The topological polar surface area (TPSA) is 42.0 Å². The number of ether oxygens (including phenoxy) is 2. The van der Waals surface area contributed by atoms with Crippen LogP contribution in [-0.2, 0) is 4.74 Å². The van der Waals surface area contributed by atoms with Gasteiger partial charge in [-0.15, -0.1) is 0 Å². The highest BCUT2D eigenvalue weighted by molar-refractivity contribution is 14.1. The number of hydrogen-bond acceptors (Lipinski definition) is 4. The molecule has 1 aromatic carbocycles. The Morgan fingerprint density at radius 2 is 1.92 bits per heavy atom. The Morgan fingerprint density at radius 3 is 2.50 bits per heavy atom. The molecule has 1 heterocycles. The van der Waals surface area contributed by atoms with Crippen molar-refractivity contribution in [2.45, 2.75) is 39.3 Å². The van der Waals surface area contributed by atoms with Gasteiger partial charge in [-0.25, -0.2) is 4.79 Å². The summed E-state index contributed by atoms with van der Waals surface area (Å²) in [4.78, 5) is 16.4. The molecule has 0 spiro atoms. The van der Waals surface area contributed by atoms with Gasteiger partial charge in [0.1, 0.15) is 18.0 Å². The van der Waals surface area contributed by atoms with Gasteiger partial charge in [0.15, 0.2) is 0 Å². The second-order valence-electron chi connectivity index (χ2n) is 7.13. The normalized spacial score (nSPS) is 19.2. The van der Waals surface area contributed by atoms with E-state index < -0.39 is 5.60 Å². The molecule has 1 aliphatic rings. The molecule has 0 saturated carbocycles. The molecule has 0 N–H and O–H groups in total. The van der Waals surface area contributed by atoms with Gasteiger partial charge in [-0.3, -0.25) is 4.90 Å². The lowest BCUT2D eigenvalue weighted by atomic mass is 10.2. The van der Waals surface area contributed by atoms with E-state index in [1.165, 1.54) is 3.57 Å². The quantitative estimate of drug-likeness (QED) is 0.663. The summed E-state index contributed by atoms with van der Waals surface area (Å²) in [6.45, 7) is 11.7. The minimum Gasteiger partial charge on any atom is -0.492 e. The van der Waals surface area contributed by atoms with Gasteiger partial charge in [0.05, 0.1) is 0 Å². The van der Waals surface area contributed by atoms with Gasteiger partial charge >= 0.3 is 6.09 Å². The molecule has 0 bridgehead atoms. The average Bonchev–Trinajstić information content (AvgIpc) is 2.47. The minimum atomic E-state index is -0.449. The molecular formula is C18H27IN2O3. The number of carbonyl (C=O) groups excluding carboxylic acids is 1. The lowest BCUT2D eigenvalue weighted by molar-refractivity contribution is 0.000361. The summed E-state index contributed by atoms with van der Waals surface area (Å²) in [5.74, 6) is 0.899. The summed E-state index contributed by atoms with van der Waals surface area (Å²) >= 11 is 2.28. The van der Waals surface area contributed by atoms with Crippen molar-refractivity contribution >= 4 is 28.7 Å². The highest BCUT2D eigenvalue weighted by Gasteiger charge is 2.30. The Hall–Kier alpha value is -1.02. The van der Waals surface area contributed by atoms with Crippen LogP contribution in [0.3, 0.4) is 0 Å². The second kappa shape index (κ2) is 8.38. The van der Waals surface area contributed by atoms with Gasteiger partial charge in [0, 0.05) is 35.8 Å². The van der Waals surface area contributed by atoms with E-state index in [0.29, 0.717) is 13.2 Å². The molecule has 1 aliphatic heterocycles. The van der Waals surface area contributed by atoms with Crippen molar-refractivity contribution in [1.82, 2.24) is 9.80 Å². The van der Waals surface area contributed by atoms with Crippen molar-refractivity contribution in [3.05, 3.63) is 27.8 Å². The van der Waals surface area contributed by atoms with E-state index in [-0.39, 0.29) is 12.1 Å². The van der Waals surface area contributed by atoms with Gasteiger partial charge in [-0.1, -0.05) is 0 Å². The summed E-state index contributed by atoms with van der Waals surface area (Å²) in [5, 5.41) is 0. The van der Waals surface area contributed by atoms with E-state index in [0.717, 1.165) is 25.4 Å². The molecule has 5 nitrogen and oxygen atoms in total. The van der Waals surface area contributed by atoms with Gasteiger partial charge in [-0.05, 0) is 74.6 Å². The van der Waals surface area contributed by atoms with Crippen molar-refractivity contribution in [3.8, 4) is 5.75 Å². The van der Waals surface area contributed by atoms with Crippen LogP contribution < -0.4 is 4.74 Å². The van der Waals surface area contributed by atoms with Gasteiger partial charge < -0.3 is 14.4 Å². The molecule has 0 aromatic heterocycles. The minimum absolute atomic E-state index is 0.145. The fraction of sp³-hybridized carbons (Fsp3) is 0.611. The fourth-order valence-corrected chi connectivity index (χ4v) is 3.01. The molecular weight excluding hydrogens is 419 g/mol. The Kier molecular flexibility index (Phi) is 6.74. The first kappa shape index (κ1) is 19.3. The van der Waals surface area contributed by atoms with E-state index in [1.807, 2.05) is 49.9 Å². The molecule has 1 fully saturated rings. The molecule has 0 aliphatic carbocycles. The molecule has 1 atom stereocenters. The maximum atomic E-state index is 12.2. The molecule has 1 saturated heterocycles. The smallest absolute Gasteiger partial charge is 0.410 e. The van der Waals surface area contributed by atoms with E-state index in [1.54, 1.807) is 0 Å². The van der Waals surface area contributed by atoms with Crippen LogP contribution in [0.25, 0.3) is 0 Å². The third kappa shape index (κ3) is 6.12. The van der Waals surface area contributed by atoms with Crippen LogP contribution in [0.1, 0.15) is 27.7 Å². The largest absolute Gasteiger partial charge is 0.492 e. The van der Waals surface area contributed by atoms with E-state index in [2.05, 4.69) is 34.4 Å². The third-order valence-electron chi connectivity index (χ3n) is 3.83. The Morgan fingerprint density at radius 1 is 1.25 bits per heavy atom. The van der Waals surface area contributed by atoms with E-state index in [4.69, 9.17) is 9.47 Å². The lowest BCUT2D eigenvalue weighted by Crippen LogP contribution is -2.55. The van der Waals surface area contributed by atoms with Crippen LogP contribution in [0.2, 0.25) is 0 Å². The zero-order valence-electron chi connectivity index (χ0n) is 14.9. The molecule has 1 aromatic rings. The van der Waals surface area contributed by atoms with Crippen LogP contribution in [0.5, 0.6) is 5.75 Å². The first-order chi connectivity index (χ1) is 11.2. The summed E-state index contributed by atoms with van der Waals surface area (Å²) in [6, 6.07) is 8.21. The zero-order valence-corrected chi connectivity index (χ0v) is 17.1. The van der Waals surface area contributed by atoms with Crippen molar-refractivity contribution in [2.24, 2.45) is 0 Å². The first-order valence-electron chi connectivity index (χ1n) is 8.35. The van der Waals surface area contributed by atoms with Crippen LogP contribution in [0.15, 0.2) is 24.3 Å². The fourth-order valence-electron chi connectivity index (χ4n) is 2.65. The Balaban J connectivity index is 1.74. The number of nitrogens with zero attached hydrogens (tertiary/aromatic N) is 2. The number of amides is 1. The Labute approximate surface area is 158 Å². The predicted octanol–water partition coefficient (Wildman–Crippen LogP) is 3.61. The zero-order chi connectivity index (χ0) is 17.7. The predicted molar refractivity (Wildman–Crippen MR) is 103 cm³/mol. The van der Waals surface area contributed by atoms with Crippen LogP contribution in [0, 0.1) is 3.57 Å². The van der Waals surface area contributed by atoms with Crippen molar-refractivity contribution < 1.29 is 14.3 Å². The number of piperazine rings is 1. The summed E-state index contributed by atoms with van der Waals surface area (Å²) in [7, 11) is 0. The van der Waals surface area contributed by atoms with Crippen LogP contribution >= 0.6 is 22.6 Å². The van der Waals surface area contributed by atoms with Crippen LogP contribution in [-0.4, -0.2) is 60.3 Å². The highest BCUT2D eigenvalue weighted by Crippen LogP contribution is 2.16. The number of rotatable bonds is 4. The Bertz CT molecular complexity index is 542. The van der Waals surface area contributed by atoms with Crippen LogP contribution in [0.4, 0.5) is 4.79 Å². The standard InChI is InChI=1S/C18H27IN2O3/c1-14-13-20(9-10-21(14)17(22)24-18(2,3)4)11-12-23-16-7-5-15(19)6-8-16/h5-8,14H,9-13H2,1-4H3. The molecule has 6 heteroatoms. The maximum Gasteiger partial charge on any atom is 0.410 e. The molecule has 24 heavy (non-hydrogen) atoms.